The van der Waals surface area contributed by atoms with Crippen molar-refractivity contribution in [3.8, 4) is 0 Å². The molecule has 2 nitrogen and oxygen atoms in total. The van der Waals surface area contributed by atoms with Crippen LogP contribution >= 0.6 is 11.6 Å². The van der Waals surface area contributed by atoms with Crippen LogP contribution in [-0.2, 0) is 11.2 Å². The minimum Gasteiger partial charge on any atom is -0.326 e. The zero-order chi connectivity index (χ0) is 16.3. The average Bonchev–Trinajstić information content (AvgIpc) is 2.42. The lowest BCUT2D eigenvalue weighted by atomic mass is 9.97. The summed E-state index contributed by atoms with van der Waals surface area (Å²) in [7, 11) is 0. The van der Waals surface area contributed by atoms with Crippen molar-refractivity contribution in [2.75, 3.05) is 5.32 Å². The van der Waals surface area contributed by atoms with Crippen molar-refractivity contribution in [1.82, 2.24) is 0 Å². The van der Waals surface area contributed by atoms with Crippen LogP contribution in [0.3, 0.4) is 0 Å². The van der Waals surface area contributed by atoms with E-state index < -0.39 is 5.82 Å². The van der Waals surface area contributed by atoms with Crippen LogP contribution < -0.4 is 5.32 Å². The van der Waals surface area contributed by atoms with E-state index in [2.05, 4.69) is 19.2 Å². The molecule has 2 aromatic rings. The molecule has 116 valence electrons. The summed E-state index contributed by atoms with van der Waals surface area (Å²) < 4.78 is 13.4. The molecule has 0 aliphatic heterocycles. The van der Waals surface area contributed by atoms with Gasteiger partial charge in [-0.15, -0.1) is 0 Å². The first-order valence-electron chi connectivity index (χ1n) is 7.21. The van der Waals surface area contributed by atoms with Gasteiger partial charge in [-0.1, -0.05) is 37.6 Å². The van der Waals surface area contributed by atoms with Gasteiger partial charge in [-0.05, 0) is 53.8 Å². The van der Waals surface area contributed by atoms with E-state index in [1.54, 1.807) is 6.07 Å². The Labute approximate surface area is 135 Å². The van der Waals surface area contributed by atoms with Crippen LogP contribution in [0, 0.1) is 12.7 Å². The van der Waals surface area contributed by atoms with Crippen molar-refractivity contribution in [1.29, 1.82) is 0 Å². The number of aryl methyl sites for hydroxylation is 1. The molecule has 2 rings (SSSR count). The van der Waals surface area contributed by atoms with E-state index in [1.165, 1.54) is 17.7 Å². The Hall–Kier alpha value is -1.87. The molecule has 22 heavy (non-hydrogen) atoms. The molecule has 0 aliphatic rings. The molecular weight excluding hydrogens is 301 g/mol. The third-order valence-electron chi connectivity index (χ3n) is 3.52. The van der Waals surface area contributed by atoms with Gasteiger partial charge >= 0.3 is 0 Å². The minimum atomic E-state index is -0.510. The lowest BCUT2D eigenvalue weighted by molar-refractivity contribution is -0.115. The van der Waals surface area contributed by atoms with Crippen LogP contribution in [0.15, 0.2) is 36.4 Å². The fourth-order valence-electron chi connectivity index (χ4n) is 2.44. The number of hydrogen-bond donors (Lipinski definition) is 1. The molecule has 0 aliphatic carbocycles. The number of amides is 1. The van der Waals surface area contributed by atoms with Gasteiger partial charge in [0.25, 0.3) is 0 Å². The first-order valence-corrected chi connectivity index (χ1v) is 7.59. The summed E-state index contributed by atoms with van der Waals surface area (Å²) in [6.07, 6.45) is 0.110. The molecule has 1 N–H and O–H groups in total. The van der Waals surface area contributed by atoms with Gasteiger partial charge < -0.3 is 5.32 Å². The first kappa shape index (κ1) is 16.5. The smallest absolute Gasteiger partial charge is 0.228 e. The number of nitrogens with one attached hydrogen (secondary N) is 1. The standard InChI is InChI=1S/C18H19ClFNO/c1-11(2)15-6-5-14(8-12(15)3)21-18(22)10-13-4-7-16(19)17(20)9-13/h4-9,11H,10H2,1-3H3,(H,21,22). The Kier molecular flexibility index (Phi) is 5.19. The highest BCUT2D eigenvalue weighted by molar-refractivity contribution is 6.30. The second-order valence-corrected chi connectivity index (χ2v) is 6.11. The Balaban J connectivity index is 2.05. The third kappa shape index (κ3) is 4.08. The summed E-state index contributed by atoms with van der Waals surface area (Å²) in [5.41, 5.74) is 3.75. The molecular formula is C18H19ClFNO. The third-order valence-corrected chi connectivity index (χ3v) is 3.83. The Morgan fingerprint density at radius 2 is 1.95 bits per heavy atom. The Morgan fingerprint density at radius 3 is 2.55 bits per heavy atom. The quantitative estimate of drug-likeness (QED) is 0.835. The molecule has 0 atom stereocenters. The van der Waals surface area contributed by atoms with Crippen LogP contribution in [0.1, 0.15) is 36.5 Å². The van der Waals surface area contributed by atoms with Gasteiger partial charge in [0, 0.05) is 5.69 Å². The highest BCUT2D eigenvalue weighted by Gasteiger charge is 2.09. The molecule has 0 aromatic heterocycles. The van der Waals surface area contributed by atoms with E-state index in [9.17, 15) is 9.18 Å². The molecule has 0 radical (unpaired) electrons. The lowest BCUT2D eigenvalue weighted by Crippen LogP contribution is -2.14. The van der Waals surface area contributed by atoms with Gasteiger partial charge in [-0.3, -0.25) is 4.79 Å². The second kappa shape index (κ2) is 6.93. The second-order valence-electron chi connectivity index (χ2n) is 5.70. The summed E-state index contributed by atoms with van der Waals surface area (Å²) in [4.78, 5) is 12.0. The summed E-state index contributed by atoms with van der Waals surface area (Å²) >= 11 is 5.63. The molecule has 0 fully saturated rings. The molecule has 1 amide bonds. The predicted octanol–water partition coefficient (Wildman–Crippen LogP) is 5.09. The van der Waals surface area contributed by atoms with Gasteiger partial charge in [0.1, 0.15) is 5.82 Å². The zero-order valence-electron chi connectivity index (χ0n) is 12.9. The van der Waals surface area contributed by atoms with Crippen molar-refractivity contribution >= 4 is 23.2 Å². The number of carbonyl (C=O) groups is 1. The minimum absolute atomic E-state index is 0.0593. The van der Waals surface area contributed by atoms with Gasteiger partial charge in [0.05, 0.1) is 11.4 Å². The van der Waals surface area contributed by atoms with Gasteiger partial charge in [0.2, 0.25) is 5.91 Å². The van der Waals surface area contributed by atoms with Crippen molar-refractivity contribution in [3.05, 3.63) is 63.9 Å². The van der Waals surface area contributed by atoms with Gasteiger partial charge in [-0.2, -0.15) is 0 Å². The predicted molar refractivity (Wildman–Crippen MR) is 89.0 cm³/mol. The van der Waals surface area contributed by atoms with E-state index in [-0.39, 0.29) is 17.4 Å². The van der Waals surface area contributed by atoms with Crippen LogP contribution in [0.2, 0.25) is 5.02 Å². The molecule has 0 unspecified atom stereocenters. The Morgan fingerprint density at radius 1 is 1.23 bits per heavy atom. The van der Waals surface area contributed by atoms with Crippen molar-refractivity contribution < 1.29 is 9.18 Å². The van der Waals surface area contributed by atoms with Crippen LogP contribution in [-0.4, -0.2) is 5.91 Å². The highest BCUT2D eigenvalue weighted by atomic mass is 35.5. The summed E-state index contributed by atoms with van der Waals surface area (Å²) in [6, 6.07) is 10.3. The molecule has 0 bridgehead atoms. The summed E-state index contributed by atoms with van der Waals surface area (Å²) in [5, 5.41) is 2.90. The number of benzene rings is 2. The van der Waals surface area contributed by atoms with E-state index >= 15 is 0 Å². The lowest BCUT2D eigenvalue weighted by Gasteiger charge is -2.12. The first-order chi connectivity index (χ1) is 10.4. The maximum Gasteiger partial charge on any atom is 0.228 e. The molecule has 0 spiro atoms. The molecule has 0 heterocycles. The maximum atomic E-state index is 13.4. The molecule has 0 saturated carbocycles. The fraction of sp³-hybridized carbons (Fsp3) is 0.278. The normalized spacial score (nSPS) is 10.8. The number of anilines is 1. The van der Waals surface area contributed by atoms with E-state index in [0.29, 0.717) is 11.5 Å². The van der Waals surface area contributed by atoms with E-state index in [0.717, 1.165) is 11.3 Å². The Bertz CT molecular complexity index is 697. The van der Waals surface area contributed by atoms with Gasteiger partial charge in [0.15, 0.2) is 0 Å². The van der Waals surface area contributed by atoms with Gasteiger partial charge in [-0.25, -0.2) is 4.39 Å². The number of hydrogen-bond acceptors (Lipinski definition) is 1. The SMILES string of the molecule is Cc1cc(NC(=O)Cc2ccc(Cl)c(F)c2)ccc1C(C)C. The van der Waals surface area contributed by atoms with Crippen LogP contribution in [0.4, 0.5) is 10.1 Å². The topological polar surface area (TPSA) is 29.1 Å². The number of carbonyl (C=O) groups excluding carboxylic acids is 1. The van der Waals surface area contributed by atoms with E-state index in [1.807, 2.05) is 25.1 Å². The average molecular weight is 320 g/mol. The van der Waals surface area contributed by atoms with Crippen molar-refractivity contribution in [3.63, 3.8) is 0 Å². The van der Waals surface area contributed by atoms with Crippen molar-refractivity contribution in [2.45, 2.75) is 33.1 Å². The molecule has 4 heteroatoms. The molecule has 2 aromatic carbocycles. The summed E-state index contributed by atoms with van der Waals surface area (Å²) in [5.74, 6) is -0.246. The summed E-state index contributed by atoms with van der Waals surface area (Å²) in [6.45, 7) is 6.30. The van der Waals surface area contributed by atoms with E-state index in [4.69, 9.17) is 11.6 Å². The zero-order valence-corrected chi connectivity index (χ0v) is 13.7. The van der Waals surface area contributed by atoms with Crippen LogP contribution in [0.5, 0.6) is 0 Å². The van der Waals surface area contributed by atoms with Crippen molar-refractivity contribution in [2.24, 2.45) is 0 Å². The number of rotatable bonds is 4. The fourth-order valence-corrected chi connectivity index (χ4v) is 2.56. The van der Waals surface area contributed by atoms with Crippen LogP contribution in [0.25, 0.3) is 0 Å². The number of halogens is 2. The largest absolute Gasteiger partial charge is 0.326 e. The molecule has 0 saturated heterocycles. The maximum absolute atomic E-state index is 13.4. The monoisotopic (exact) mass is 319 g/mol. The highest BCUT2D eigenvalue weighted by Crippen LogP contribution is 2.22.